The zero-order valence-electron chi connectivity index (χ0n) is 9.55. The third-order valence-corrected chi connectivity index (χ3v) is 2.30. The molecular weight excluding hydrogens is 176 g/mol. The van der Waals surface area contributed by atoms with E-state index in [1.54, 1.807) is 0 Å². The minimum Gasteiger partial charge on any atom is -0.389 e. The first-order chi connectivity index (χ1) is 6.56. The van der Waals surface area contributed by atoms with Crippen LogP contribution >= 0.6 is 0 Å². The first kappa shape index (κ1) is 13.4. The molecule has 0 aliphatic heterocycles. The van der Waals surface area contributed by atoms with Gasteiger partial charge in [-0.05, 0) is 39.0 Å². The fourth-order valence-electron chi connectivity index (χ4n) is 1.29. The van der Waals surface area contributed by atoms with Crippen molar-refractivity contribution in [3.8, 4) is 0 Å². The summed E-state index contributed by atoms with van der Waals surface area (Å²) in [5.74, 6) is 0.528. The minimum absolute atomic E-state index is 0.0425. The van der Waals surface area contributed by atoms with Crippen LogP contribution in [0.4, 0.5) is 0 Å². The molecule has 0 heterocycles. The molecule has 0 saturated carbocycles. The zero-order valence-corrected chi connectivity index (χ0v) is 9.55. The molecule has 2 heteroatoms. The van der Waals surface area contributed by atoms with Gasteiger partial charge in [-0.15, -0.1) is 0 Å². The van der Waals surface area contributed by atoms with Crippen molar-refractivity contribution in [2.24, 2.45) is 5.92 Å². The number of hydrogen-bond donors (Lipinski definition) is 1. The average Bonchev–Trinajstić information content (AvgIpc) is 2.13. The predicted octanol–water partition coefficient (Wildman–Crippen LogP) is 2.71. The summed E-state index contributed by atoms with van der Waals surface area (Å²) in [6.45, 7) is 6.05. The van der Waals surface area contributed by atoms with Crippen LogP contribution in [0.3, 0.4) is 0 Å². The summed E-state index contributed by atoms with van der Waals surface area (Å²) in [5.41, 5.74) is 1.35. The molecule has 2 nitrogen and oxygen atoms in total. The van der Waals surface area contributed by atoms with E-state index in [4.69, 9.17) is 5.11 Å². The van der Waals surface area contributed by atoms with Crippen molar-refractivity contribution in [1.82, 2.24) is 0 Å². The van der Waals surface area contributed by atoms with E-state index in [1.807, 2.05) is 0 Å². The number of allylic oxidation sites excluding steroid dienone is 2. The van der Waals surface area contributed by atoms with E-state index in [0.29, 0.717) is 12.3 Å². The summed E-state index contributed by atoms with van der Waals surface area (Å²) in [4.78, 5) is 10.8. The minimum atomic E-state index is -0.305. The number of carbonyl (C=O) groups excluding carboxylic acids is 1. The van der Waals surface area contributed by atoms with Crippen LogP contribution < -0.4 is 0 Å². The van der Waals surface area contributed by atoms with Crippen LogP contribution in [-0.4, -0.2) is 17.5 Å². The molecule has 0 bridgehead atoms. The Balaban J connectivity index is 3.51. The second-order valence-electron chi connectivity index (χ2n) is 4.20. The maximum atomic E-state index is 10.8. The lowest BCUT2D eigenvalue weighted by Gasteiger charge is -2.08. The summed E-state index contributed by atoms with van der Waals surface area (Å²) < 4.78 is 0. The van der Waals surface area contributed by atoms with Gasteiger partial charge in [0.05, 0.1) is 0 Å². The molecule has 1 N–H and O–H groups in total. The van der Waals surface area contributed by atoms with E-state index in [-0.39, 0.29) is 12.4 Å². The van der Waals surface area contributed by atoms with Gasteiger partial charge in [-0.3, -0.25) is 4.79 Å². The number of ketones is 1. The Labute approximate surface area is 87.0 Å². The zero-order chi connectivity index (χ0) is 11.0. The molecule has 0 saturated heterocycles. The molecule has 0 aliphatic rings. The van der Waals surface area contributed by atoms with Gasteiger partial charge in [-0.1, -0.05) is 18.6 Å². The van der Waals surface area contributed by atoms with E-state index in [2.05, 4.69) is 26.8 Å². The highest BCUT2D eigenvalue weighted by atomic mass is 16.3. The summed E-state index contributed by atoms with van der Waals surface area (Å²) in [7, 11) is 0. The standard InChI is InChI=1S/C12H22O2/c1-10(2)5-4-6-11(3)7-8-12(14)9-13/h5,11,13H,4,6-9H2,1-3H3. The van der Waals surface area contributed by atoms with Crippen molar-refractivity contribution in [2.75, 3.05) is 6.61 Å². The fourth-order valence-corrected chi connectivity index (χ4v) is 1.29. The van der Waals surface area contributed by atoms with Gasteiger partial charge in [0.1, 0.15) is 6.61 Å². The Hall–Kier alpha value is -0.630. The van der Waals surface area contributed by atoms with Crippen molar-refractivity contribution in [3.05, 3.63) is 11.6 Å². The number of rotatable bonds is 7. The molecule has 0 radical (unpaired) electrons. The molecule has 14 heavy (non-hydrogen) atoms. The number of aliphatic hydroxyl groups is 1. The normalized spacial score (nSPS) is 12.3. The molecule has 1 atom stereocenters. The Morgan fingerprint density at radius 1 is 1.36 bits per heavy atom. The molecule has 0 fully saturated rings. The number of Topliss-reactive ketones (excluding diaryl/α,β-unsaturated/α-hetero) is 1. The topological polar surface area (TPSA) is 37.3 Å². The van der Waals surface area contributed by atoms with Crippen LogP contribution in [-0.2, 0) is 4.79 Å². The maximum Gasteiger partial charge on any atom is 0.158 e. The van der Waals surface area contributed by atoms with Gasteiger partial charge >= 0.3 is 0 Å². The molecule has 0 aromatic carbocycles. The van der Waals surface area contributed by atoms with Crippen LogP contribution in [0.25, 0.3) is 0 Å². The lowest BCUT2D eigenvalue weighted by atomic mass is 9.98. The van der Waals surface area contributed by atoms with E-state index in [0.717, 1.165) is 19.3 Å². The molecule has 0 spiro atoms. The van der Waals surface area contributed by atoms with Gasteiger partial charge in [0.15, 0.2) is 5.78 Å². The quantitative estimate of drug-likeness (QED) is 0.639. The Morgan fingerprint density at radius 2 is 2.00 bits per heavy atom. The lowest BCUT2D eigenvalue weighted by Crippen LogP contribution is -2.06. The molecule has 0 aromatic heterocycles. The predicted molar refractivity (Wildman–Crippen MR) is 59.2 cm³/mol. The highest BCUT2D eigenvalue weighted by Crippen LogP contribution is 2.13. The number of hydrogen-bond acceptors (Lipinski definition) is 2. The van der Waals surface area contributed by atoms with Gasteiger partial charge in [-0.25, -0.2) is 0 Å². The maximum absolute atomic E-state index is 10.8. The first-order valence-electron chi connectivity index (χ1n) is 5.32. The van der Waals surface area contributed by atoms with Gasteiger partial charge < -0.3 is 5.11 Å². The van der Waals surface area contributed by atoms with Gasteiger partial charge in [0, 0.05) is 6.42 Å². The first-order valence-corrected chi connectivity index (χ1v) is 5.32. The number of aliphatic hydroxyl groups excluding tert-OH is 1. The largest absolute Gasteiger partial charge is 0.389 e. The van der Waals surface area contributed by atoms with Crippen molar-refractivity contribution in [3.63, 3.8) is 0 Å². The van der Waals surface area contributed by atoms with E-state index in [9.17, 15) is 4.79 Å². The third-order valence-electron chi connectivity index (χ3n) is 2.30. The highest BCUT2D eigenvalue weighted by Gasteiger charge is 2.04. The Morgan fingerprint density at radius 3 is 2.50 bits per heavy atom. The second-order valence-corrected chi connectivity index (χ2v) is 4.20. The smallest absolute Gasteiger partial charge is 0.158 e. The molecule has 0 aliphatic carbocycles. The third kappa shape index (κ3) is 7.99. The van der Waals surface area contributed by atoms with Crippen molar-refractivity contribution >= 4 is 5.78 Å². The van der Waals surface area contributed by atoms with Crippen molar-refractivity contribution in [1.29, 1.82) is 0 Å². The summed E-state index contributed by atoms with van der Waals surface area (Å²) in [6, 6.07) is 0. The van der Waals surface area contributed by atoms with Crippen molar-refractivity contribution < 1.29 is 9.90 Å². The Kier molecular flexibility index (Phi) is 7.40. The van der Waals surface area contributed by atoms with Crippen LogP contribution in [0, 0.1) is 5.92 Å². The summed E-state index contributed by atoms with van der Waals surface area (Å²) >= 11 is 0. The summed E-state index contributed by atoms with van der Waals surface area (Å²) in [5, 5.41) is 8.54. The SMILES string of the molecule is CC(C)=CCCC(C)CCC(=O)CO. The van der Waals surface area contributed by atoms with E-state index in [1.165, 1.54) is 5.57 Å². The van der Waals surface area contributed by atoms with Crippen LogP contribution in [0.2, 0.25) is 0 Å². The molecule has 0 aromatic rings. The van der Waals surface area contributed by atoms with E-state index < -0.39 is 0 Å². The fraction of sp³-hybridized carbons (Fsp3) is 0.750. The molecule has 1 unspecified atom stereocenters. The number of carbonyl (C=O) groups is 1. The average molecular weight is 198 g/mol. The van der Waals surface area contributed by atoms with E-state index >= 15 is 0 Å². The van der Waals surface area contributed by atoms with Gasteiger partial charge in [0.25, 0.3) is 0 Å². The molecule has 0 rings (SSSR count). The lowest BCUT2D eigenvalue weighted by molar-refractivity contribution is -0.122. The second kappa shape index (κ2) is 7.74. The van der Waals surface area contributed by atoms with Crippen LogP contribution in [0.1, 0.15) is 46.5 Å². The van der Waals surface area contributed by atoms with Gasteiger partial charge in [0.2, 0.25) is 0 Å². The molecular formula is C12H22O2. The van der Waals surface area contributed by atoms with Crippen LogP contribution in [0.15, 0.2) is 11.6 Å². The molecule has 0 amide bonds. The van der Waals surface area contributed by atoms with Crippen LogP contribution in [0.5, 0.6) is 0 Å². The monoisotopic (exact) mass is 198 g/mol. The van der Waals surface area contributed by atoms with Crippen molar-refractivity contribution in [2.45, 2.75) is 46.5 Å². The molecule has 82 valence electrons. The summed E-state index contributed by atoms with van der Waals surface area (Å²) in [6.07, 6.45) is 5.87. The van der Waals surface area contributed by atoms with Gasteiger partial charge in [-0.2, -0.15) is 0 Å². The highest BCUT2D eigenvalue weighted by molar-refractivity contribution is 5.79. The Bertz CT molecular complexity index is 190.